The molecule has 3 aromatic heterocycles. The van der Waals surface area contributed by atoms with Gasteiger partial charge in [0.25, 0.3) is 15.7 Å². The number of imidazole rings is 1. The van der Waals surface area contributed by atoms with Gasteiger partial charge >= 0.3 is 11.3 Å². The Bertz CT molecular complexity index is 1630. The molecule has 0 saturated carbocycles. The summed E-state index contributed by atoms with van der Waals surface area (Å²) < 4.78 is 37.5. The van der Waals surface area contributed by atoms with Crippen molar-refractivity contribution in [2.75, 3.05) is 13.1 Å². The van der Waals surface area contributed by atoms with Gasteiger partial charge in [0, 0.05) is 44.7 Å². The summed E-state index contributed by atoms with van der Waals surface area (Å²) in [7, 11) is -1.32. The predicted molar refractivity (Wildman–Crippen MR) is 126 cm³/mol. The zero-order valence-electron chi connectivity index (χ0n) is 18.6. The summed E-state index contributed by atoms with van der Waals surface area (Å²) in [5.74, 6) is -1.79. The first-order valence-electron chi connectivity index (χ1n) is 9.73. The molecule has 0 bridgehead atoms. The fourth-order valence-corrected chi connectivity index (χ4v) is 3.47. The summed E-state index contributed by atoms with van der Waals surface area (Å²) in [6.45, 7) is 1.19. The second-order valence-electron chi connectivity index (χ2n) is 7.04. The number of aromatic amines is 1. The van der Waals surface area contributed by atoms with Crippen LogP contribution < -0.4 is 28.3 Å². The van der Waals surface area contributed by atoms with Crippen LogP contribution in [0.25, 0.3) is 22.1 Å². The Morgan fingerprint density at radius 2 is 1.63 bits per heavy atom. The maximum Gasteiger partial charge on any atom is 0.336 e. The van der Waals surface area contributed by atoms with Crippen molar-refractivity contribution in [2.45, 2.75) is 5.75 Å². The third-order valence-corrected chi connectivity index (χ3v) is 5.14. The van der Waals surface area contributed by atoms with E-state index in [1.165, 1.54) is 17.9 Å². The first-order valence-corrected chi connectivity index (χ1v) is 11.3. The average Bonchev–Trinajstić information content (AvgIpc) is 3.27. The van der Waals surface area contributed by atoms with Crippen molar-refractivity contribution in [3.63, 3.8) is 0 Å². The summed E-state index contributed by atoms with van der Waals surface area (Å²) in [4.78, 5) is 40.6. The van der Waals surface area contributed by atoms with Gasteiger partial charge in [-0.2, -0.15) is 8.42 Å². The molecule has 0 unspecified atom stereocenters. The van der Waals surface area contributed by atoms with Gasteiger partial charge in [-0.1, -0.05) is 0 Å². The fraction of sp³-hybridized carbons (Fsp3) is 0.263. The van der Waals surface area contributed by atoms with Gasteiger partial charge in [0.2, 0.25) is 0 Å². The molecule has 16 heteroatoms. The van der Waals surface area contributed by atoms with Crippen molar-refractivity contribution < 1.29 is 27.6 Å². The molecule has 0 spiro atoms. The Labute approximate surface area is 196 Å². The number of aromatic nitrogens is 4. The lowest BCUT2D eigenvalue weighted by Gasteiger charge is -2.05. The van der Waals surface area contributed by atoms with E-state index in [9.17, 15) is 33.0 Å². The molecule has 0 radical (unpaired) electrons. The van der Waals surface area contributed by atoms with Crippen LogP contribution in [0.15, 0.2) is 43.3 Å². The number of phenols is 2. The van der Waals surface area contributed by atoms with Crippen molar-refractivity contribution in [1.82, 2.24) is 19.1 Å². The van der Waals surface area contributed by atoms with Crippen molar-refractivity contribution in [3.05, 3.63) is 61.3 Å². The highest BCUT2D eigenvalue weighted by atomic mass is 32.2. The normalized spacial score (nSPS) is 11.0. The summed E-state index contributed by atoms with van der Waals surface area (Å²) in [6.07, 6.45) is 1.39. The quantitative estimate of drug-likeness (QED) is 0.104. The highest BCUT2D eigenvalue weighted by Crippen LogP contribution is 2.31. The monoisotopic (exact) mass is 512 g/mol. The van der Waals surface area contributed by atoms with Crippen LogP contribution >= 0.6 is 0 Å². The summed E-state index contributed by atoms with van der Waals surface area (Å²) in [5, 5.41) is 18.7. The molecule has 8 N–H and O–H groups in total. The zero-order valence-corrected chi connectivity index (χ0v) is 19.4. The third-order valence-electron chi connectivity index (χ3n) is 4.46. The number of aryl methyl sites for hydroxylation is 1. The summed E-state index contributed by atoms with van der Waals surface area (Å²) in [6, 6.07) is 2.93. The lowest BCUT2D eigenvalue weighted by molar-refractivity contribution is 0.403. The maximum atomic E-state index is 11.4. The first-order chi connectivity index (χ1) is 16.3. The van der Waals surface area contributed by atoms with E-state index in [0.29, 0.717) is 24.3 Å². The van der Waals surface area contributed by atoms with Gasteiger partial charge in [-0.3, -0.25) is 18.5 Å². The Balaban J connectivity index is 0.000000222. The Kier molecular flexibility index (Phi) is 8.53. The van der Waals surface area contributed by atoms with Crippen LogP contribution in [0.2, 0.25) is 0 Å². The van der Waals surface area contributed by atoms with Gasteiger partial charge in [-0.15, -0.1) is 0 Å². The highest BCUT2D eigenvalue weighted by Gasteiger charge is 2.15. The van der Waals surface area contributed by atoms with Crippen molar-refractivity contribution in [1.29, 1.82) is 0 Å². The molecule has 0 atom stereocenters. The Hall–Kier alpha value is -3.99. The number of H-pyrrole nitrogens is 1. The molecular formula is C19H24N6O9S. The molecule has 0 aliphatic rings. The van der Waals surface area contributed by atoms with E-state index in [2.05, 4.69) is 9.97 Å². The molecule has 15 nitrogen and oxygen atoms in total. The molecule has 4 aromatic rings. The van der Waals surface area contributed by atoms with Crippen molar-refractivity contribution >= 4 is 32.3 Å². The number of hydrogen-bond donors (Lipinski definition) is 6. The van der Waals surface area contributed by atoms with E-state index in [4.69, 9.17) is 20.4 Å². The standard InChI is InChI=1S/C10H8O7S.C7H8N4O2.C2H8N2/c11-7-2-6-5(4-18(14,15)16)1-10(13)17-9(6)3-8(7)12;1-10-5-4(8-3-9-5)6(12)11(2)7(10)13;3-1-2-4/h1-3,11-12H,4H2,(H,14,15,16);3H,1-2H3,(H,8,9);1-4H2. The van der Waals surface area contributed by atoms with Crippen LogP contribution in [0.1, 0.15) is 5.56 Å². The largest absolute Gasteiger partial charge is 0.504 e. The van der Waals surface area contributed by atoms with Crippen LogP contribution in [0.4, 0.5) is 0 Å². The molecule has 0 aliphatic carbocycles. The molecule has 0 saturated heterocycles. The van der Waals surface area contributed by atoms with Crippen molar-refractivity contribution in [2.24, 2.45) is 25.6 Å². The molecule has 3 heterocycles. The van der Waals surface area contributed by atoms with E-state index in [-0.39, 0.29) is 27.8 Å². The van der Waals surface area contributed by atoms with Gasteiger partial charge in [-0.05, 0) is 11.6 Å². The molecule has 1 aromatic carbocycles. The van der Waals surface area contributed by atoms with Crippen LogP contribution in [0.3, 0.4) is 0 Å². The molecule has 0 fully saturated rings. The second-order valence-corrected chi connectivity index (χ2v) is 8.49. The number of hydrogen-bond acceptors (Lipinski definition) is 11. The topological polar surface area (TPSA) is 250 Å². The van der Waals surface area contributed by atoms with Gasteiger partial charge in [0.15, 0.2) is 17.1 Å². The highest BCUT2D eigenvalue weighted by molar-refractivity contribution is 7.85. The van der Waals surface area contributed by atoms with Gasteiger partial charge in [0.05, 0.1) is 6.33 Å². The van der Waals surface area contributed by atoms with Crippen molar-refractivity contribution in [3.8, 4) is 11.5 Å². The van der Waals surface area contributed by atoms with E-state index in [1.54, 1.807) is 7.05 Å². The van der Waals surface area contributed by atoms with Crippen LogP contribution in [0.5, 0.6) is 11.5 Å². The van der Waals surface area contributed by atoms with Gasteiger partial charge in [-0.25, -0.2) is 14.6 Å². The maximum absolute atomic E-state index is 11.4. The number of nitrogens with two attached hydrogens (primary N) is 2. The number of nitrogens with one attached hydrogen (secondary N) is 1. The molecule has 35 heavy (non-hydrogen) atoms. The summed E-state index contributed by atoms with van der Waals surface area (Å²) in [5.41, 5.74) is 8.87. The number of benzene rings is 1. The first kappa shape index (κ1) is 27.3. The van der Waals surface area contributed by atoms with E-state index in [1.807, 2.05) is 0 Å². The number of rotatable bonds is 3. The number of nitrogens with zero attached hydrogens (tertiary/aromatic N) is 3. The SMILES string of the molecule is Cn1c(=O)c2[nH]cnc2n(C)c1=O.NCCN.O=c1cc(CS(=O)(=O)O)c2cc(O)c(O)cc2o1. The minimum absolute atomic E-state index is 0.0287. The lowest BCUT2D eigenvalue weighted by Crippen LogP contribution is -2.36. The zero-order chi connectivity index (χ0) is 26.5. The van der Waals surface area contributed by atoms with E-state index in [0.717, 1.165) is 22.8 Å². The minimum atomic E-state index is -4.33. The number of phenolic OH excluding ortho intramolecular Hbond substituents is 2. The lowest BCUT2D eigenvalue weighted by atomic mass is 10.1. The van der Waals surface area contributed by atoms with Crippen LogP contribution in [-0.2, 0) is 30.0 Å². The Morgan fingerprint density at radius 3 is 2.20 bits per heavy atom. The van der Waals surface area contributed by atoms with Gasteiger partial charge < -0.3 is 31.1 Å². The minimum Gasteiger partial charge on any atom is -0.504 e. The molecule has 190 valence electrons. The smallest absolute Gasteiger partial charge is 0.336 e. The number of fused-ring (bicyclic) bond motifs is 2. The van der Waals surface area contributed by atoms with Crippen LogP contribution in [-0.4, -0.2) is 55.4 Å². The average molecular weight is 513 g/mol. The van der Waals surface area contributed by atoms with Gasteiger partial charge in [0.1, 0.15) is 16.9 Å². The molecule has 0 aliphatic heterocycles. The summed E-state index contributed by atoms with van der Waals surface area (Å²) >= 11 is 0. The fourth-order valence-electron chi connectivity index (χ4n) is 2.84. The molecule has 4 rings (SSSR count). The molecule has 0 amide bonds. The second kappa shape index (κ2) is 11.0. The molecular weight excluding hydrogens is 488 g/mol. The van der Waals surface area contributed by atoms with E-state index >= 15 is 0 Å². The predicted octanol–water partition coefficient (Wildman–Crippen LogP) is -1.54. The van der Waals surface area contributed by atoms with Crippen LogP contribution in [0, 0.1) is 0 Å². The Morgan fingerprint density at radius 1 is 1.03 bits per heavy atom. The third kappa shape index (κ3) is 6.54. The number of aromatic hydroxyl groups is 2. The van der Waals surface area contributed by atoms with E-state index < -0.39 is 33.0 Å².